The van der Waals surface area contributed by atoms with E-state index in [1.54, 1.807) is 6.92 Å². The number of aromatic nitrogens is 1. The number of hydrogen-bond acceptors (Lipinski definition) is 4. The summed E-state index contributed by atoms with van der Waals surface area (Å²) in [4.78, 5) is 34.2. The van der Waals surface area contributed by atoms with Gasteiger partial charge in [0.25, 0.3) is 11.6 Å². The number of carbonyl (C=O) groups is 2. The Morgan fingerprint density at radius 1 is 1.60 bits per heavy atom. The van der Waals surface area contributed by atoms with Crippen molar-refractivity contribution in [3.05, 3.63) is 40.7 Å². The van der Waals surface area contributed by atoms with Crippen molar-refractivity contribution in [2.75, 3.05) is 13.1 Å². The van der Waals surface area contributed by atoms with Gasteiger partial charge in [0, 0.05) is 19.2 Å². The third-order valence-corrected chi connectivity index (χ3v) is 2.62. The number of aliphatic carboxylic acids is 1. The minimum atomic E-state index is -1.16. The molecule has 0 aliphatic carbocycles. The van der Waals surface area contributed by atoms with Crippen LogP contribution >= 0.6 is 0 Å². The van der Waals surface area contributed by atoms with E-state index in [2.05, 4.69) is 6.58 Å². The van der Waals surface area contributed by atoms with Crippen molar-refractivity contribution < 1.29 is 19.6 Å². The van der Waals surface area contributed by atoms with Gasteiger partial charge in [-0.3, -0.25) is 19.7 Å². The zero-order valence-electron chi connectivity index (χ0n) is 11.0. The largest absolute Gasteiger partial charge is 0.480 e. The fourth-order valence-electron chi connectivity index (χ4n) is 1.74. The summed E-state index contributed by atoms with van der Waals surface area (Å²) >= 11 is 0. The molecule has 8 nitrogen and oxygen atoms in total. The SMILES string of the molecule is C=CCN(CC(=O)O)C(=O)c1cc([N+](=O)[O-])cn1CC. The Bertz CT molecular complexity index is 549. The Hall–Kier alpha value is -2.64. The molecule has 0 spiro atoms. The molecule has 8 heteroatoms. The monoisotopic (exact) mass is 281 g/mol. The van der Waals surface area contributed by atoms with Crippen LogP contribution in [0.25, 0.3) is 0 Å². The number of nitrogens with zero attached hydrogens (tertiary/aromatic N) is 3. The van der Waals surface area contributed by atoms with Crippen LogP contribution in [0.3, 0.4) is 0 Å². The summed E-state index contributed by atoms with van der Waals surface area (Å²) in [5, 5.41) is 19.5. The second kappa shape index (κ2) is 6.50. The highest BCUT2D eigenvalue weighted by molar-refractivity contribution is 5.95. The Kier molecular flexibility index (Phi) is 5.01. The molecular formula is C12H15N3O5. The molecule has 1 amide bonds. The number of amides is 1. The van der Waals surface area contributed by atoms with E-state index in [0.717, 1.165) is 11.0 Å². The average molecular weight is 281 g/mol. The Balaban J connectivity index is 3.12. The predicted octanol–water partition coefficient (Wildman–Crippen LogP) is 1.13. The molecule has 0 bridgehead atoms. The average Bonchev–Trinajstić information content (AvgIpc) is 2.81. The zero-order chi connectivity index (χ0) is 15.3. The summed E-state index contributed by atoms with van der Waals surface area (Å²) in [6, 6.07) is 1.14. The van der Waals surface area contributed by atoms with Crippen LogP contribution in [0.15, 0.2) is 24.9 Å². The van der Waals surface area contributed by atoms with Crippen LogP contribution in [-0.2, 0) is 11.3 Å². The molecule has 0 aliphatic heterocycles. The van der Waals surface area contributed by atoms with Crippen molar-refractivity contribution in [2.45, 2.75) is 13.5 Å². The van der Waals surface area contributed by atoms with E-state index in [0.29, 0.717) is 6.54 Å². The minimum Gasteiger partial charge on any atom is -0.480 e. The maximum Gasteiger partial charge on any atom is 0.323 e. The van der Waals surface area contributed by atoms with Gasteiger partial charge in [-0.15, -0.1) is 6.58 Å². The second-order valence-electron chi connectivity index (χ2n) is 3.99. The van der Waals surface area contributed by atoms with Crippen LogP contribution in [0.5, 0.6) is 0 Å². The Labute approximate surface area is 115 Å². The van der Waals surface area contributed by atoms with Gasteiger partial charge in [-0.05, 0) is 6.92 Å². The highest BCUT2D eigenvalue weighted by atomic mass is 16.6. The highest BCUT2D eigenvalue weighted by Crippen LogP contribution is 2.18. The molecule has 0 saturated heterocycles. The molecule has 0 saturated carbocycles. The number of rotatable bonds is 7. The Morgan fingerprint density at radius 3 is 2.70 bits per heavy atom. The molecule has 0 atom stereocenters. The van der Waals surface area contributed by atoms with E-state index in [-0.39, 0.29) is 17.9 Å². The summed E-state index contributed by atoms with van der Waals surface area (Å²) in [5.74, 6) is -1.74. The number of carbonyl (C=O) groups excluding carboxylic acids is 1. The van der Waals surface area contributed by atoms with E-state index in [9.17, 15) is 19.7 Å². The number of carboxylic acids is 1. The first-order chi connectivity index (χ1) is 9.40. The second-order valence-corrected chi connectivity index (χ2v) is 3.99. The van der Waals surface area contributed by atoms with Crippen LogP contribution in [0.1, 0.15) is 17.4 Å². The lowest BCUT2D eigenvalue weighted by atomic mass is 10.3. The van der Waals surface area contributed by atoms with Crippen LogP contribution in [0, 0.1) is 10.1 Å². The molecule has 1 aromatic rings. The molecule has 20 heavy (non-hydrogen) atoms. The molecule has 0 unspecified atom stereocenters. The quantitative estimate of drug-likeness (QED) is 0.458. The number of aryl methyl sites for hydroxylation is 1. The maximum atomic E-state index is 12.3. The lowest BCUT2D eigenvalue weighted by Gasteiger charge is -2.19. The highest BCUT2D eigenvalue weighted by Gasteiger charge is 2.24. The zero-order valence-corrected chi connectivity index (χ0v) is 11.0. The summed E-state index contributed by atoms with van der Waals surface area (Å²) in [6.07, 6.45) is 2.65. The molecule has 0 radical (unpaired) electrons. The first-order valence-electron chi connectivity index (χ1n) is 5.87. The molecule has 1 heterocycles. The van der Waals surface area contributed by atoms with Crippen LogP contribution in [-0.4, -0.2) is 44.5 Å². The van der Waals surface area contributed by atoms with E-state index in [4.69, 9.17) is 5.11 Å². The van der Waals surface area contributed by atoms with E-state index < -0.39 is 23.3 Å². The van der Waals surface area contributed by atoms with E-state index >= 15 is 0 Å². The van der Waals surface area contributed by atoms with Gasteiger partial charge in [-0.2, -0.15) is 0 Å². The van der Waals surface area contributed by atoms with Gasteiger partial charge in [-0.25, -0.2) is 0 Å². The van der Waals surface area contributed by atoms with Crippen LogP contribution in [0.2, 0.25) is 0 Å². The van der Waals surface area contributed by atoms with Crippen molar-refractivity contribution in [3.8, 4) is 0 Å². The van der Waals surface area contributed by atoms with Crippen LogP contribution < -0.4 is 0 Å². The van der Waals surface area contributed by atoms with Crippen molar-refractivity contribution in [1.82, 2.24) is 9.47 Å². The summed E-state index contributed by atoms with van der Waals surface area (Å²) in [7, 11) is 0. The molecule has 108 valence electrons. The van der Waals surface area contributed by atoms with Gasteiger partial charge in [0.1, 0.15) is 12.2 Å². The number of carboxylic acid groups (broad SMARTS) is 1. The summed E-state index contributed by atoms with van der Waals surface area (Å²) < 4.78 is 1.42. The summed E-state index contributed by atoms with van der Waals surface area (Å²) in [6.45, 7) is 5.11. The van der Waals surface area contributed by atoms with Crippen LogP contribution in [0.4, 0.5) is 5.69 Å². The normalized spacial score (nSPS) is 10.1. The fourth-order valence-corrected chi connectivity index (χ4v) is 1.74. The maximum absolute atomic E-state index is 12.3. The smallest absolute Gasteiger partial charge is 0.323 e. The van der Waals surface area contributed by atoms with Gasteiger partial charge in [0.15, 0.2) is 0 Å². The third kappa shape index (κ3) is 3.44. The first-order valence-corrected chi connectivity index (χ1v) is 5.87. The molecule has 0 aromatic carbocycles. The molecule has 1 N–H and O–H groups in total. The predicted molar refractivity (Wildman–Crippen MR) is 70.5 cm³/mol. The van der Waals surface area contributed by atoms with Crippen molar-refractivity contribution in [3.63, 3.8) is 0 Å². The van der Waals surface area contributed by atoms with Gasteiger partial charge >= 0.3 is 5.97 Å². The van der Waals surface area contributed by atoms with Gasteiger partial charge < -0.3 is 14.6 Å². The number of nitro groups is 1. The molecule has 1 rings (SSSR count). The van der Waals surface area contributed by atoms with E-state index in [1.807, 2.05) is 0 Å². The summed E-state index contributed by atoms with van der Waals surface area (Å²) in [5.41, 5.74) is -0.119. The minimum absolute atomic E-state index is 0.0494. The molecular weight excluding hydrogens is 266 g/mol. The van der Waals surface area contributed by atoms with E-state index in [1.165, 1.54) is 16.8 Å². The van der Waals surface area contributed by atoms with Crippen molar-refractivity contribution in [2.24, 2.45) is 0 Å². The van der Waals surface area contributed by atoms with Gasteiger partial charge in [0.05, 0.1) is 11.1 Å². The van der Waals surface area contributed by atoms with Gasteiger partial charge in [-0.1, -0.05) is 6.08 Å². The fraction of sp³-hybridized carbons (Fsp3) is 0.333. The number of hydrogen-bond donors (Lipinski definition) is 1. The van der Waals surface area contributed by atoms with Crippen molar-refractivity contribution >= 4 is 17.6 Å². The topological polar surface area (TPSA) is 106 Å². The molecule has 0 aliphatic rings. The van der Waals surface area contributed by atoms with Crippen molar-refractivity contribution in [1.29, 1.82) is 0 Å². The molecule has 1 aromatic heterocycles. The standard InChI is InChI=1S/C12H15N3O5/c1-3-5-14(8-11(16)17)12(18)10-6-9(15(19)20)7-13(10)4-2/h3,6-7H,1,4-5,8H2,2H3,(H,16,17). The van der Waals surface area contributed by atoms with Gasteiger partial charge in [0.2, 0.25) is 0 Å². The molecule has 0 fully saturated rings. The third-order valence-electron chi connectivity index (χ3n) is 2.62. The lowest BCUT2D eigenvalue weighted by Crippen LogP contribution is -2.36. The lowest BCUT2D eigenvalue weighted by molar-refractivity contribution is -0.384. The first kappa shape index (κ1) is 15.4. The Morgan fingerprint density at radius 2 is 2.25 bits per heavy atom.